The van der Waals surface area contributed by atoms with Gasteiger partial charge in [-0.15, -0.1) is 0 Å². The van der Waals surface area contributed by atoms with Crippen LogP contribution in [0.15, 0.2) is 42.5 Å². The third-order valence-corrected chi connectivity index (χ3v) is 6.95. The number of rotatable bonds is 0. The summed E-state index contributed by atoms with van der Waals surface area (Å²) in [6.45, 7) is 4.30. The average molecular weight is 357 g/mol. The fourth-order valence-corrected chi connectivity index (χ4v) is 5.65. The van der Waals surface area contributed by atoms with Crippen molar-refractivity contribution >= 4 is 10.8 Å². The van der Waals surface area contributed by atoms with Crippen LogP contribution >= 0.6 is 0 Å². The van der Waals surface area contributed by atoms with Gasteiger partial charge in [-0.1, -0.05) is 73.6 Å². The topological polar surface area (TPSA) is 20.2 Å². The largest absolute Gasteiger partial charge is 0.507 e. The number of fused-ring (bicyclic) bond motifs is 7. The van der Waals surface area contributed by atoms with E-state index in [1.165, 1.54) is 83.7 Å². The van der Waals surface area contributed by atoms with Gasteiger partial charge in [0.25, 0.3) is 0 Å². The van der Waals surface area contributed by atoms with Gasteiger partial charge in [0, 0.05) is 10.8 Å². The highest BCUT2D eigenvalue weighted by atomic mass is 16.3. The van der Waals surface area contributed by atoms with Crippen LogP contribution in [0.3, 0.4) is 0 Å². The summed E-state index contributed by atoms with van der Waals surface area (Å²) >= 11 is 0. The Kier molecular flexibility index (Phi) is 3.82. The Morgan fingerprint density at radius 3 is 2.15 bits per heavy atom. The minimum atomic E-state index is 0.0770. The molecule has 1 nitrogen and oxygen atoms in total. The Balaban J connectivity index is 1.87. The molecule has 0 aromatic heterocycles. The standard InChI is InChI=1S/C26H28O/c1-17-8-10-19-21(14-17)24(27)16-23-25(19)20-11-9-18(2)15-22(20)26(23)12-6-4-3-5-7-13-26/h8-11,14-16,27H,3-7,12-13H2,1-2H3. The second-order valence-electron chi connectivity index (χ2n) is 8.77. The second-order valence-corrected chi connectivity index (χ2v) is 8.77. The van der Waals surface area contributed by atoms with Gasteiger partial charge in [0.05, 0.1) is 0 Å². The van der Waals surface area contributed by atoms with E-state index in [2.05, 4.69) is 56.3 Å². The Morgan fingerprint density at radius 2 is 1.37 bits per heavy atom. The molecule has 0 radical (unpaired) electrons. The summed E-state index contributed by atoms with van der Waals surface area (Å²) in [7, 11) is 0. The lowest BCUT2D eigenvalue weighted by atomic mass is 9.69. The summed E-state index contributed by atoms with van der Waals surface area (Å²) in [6, 6.07) is 15.6. The van der Waals surface area contributed by atoms with Crippen molar-refractivity contribution < 1.29 is 5.11 Å². The van der Waals surface area contributed by atoms with Gasteiger partial charge in [-0.05, 0) is 66.5 Å². The lowest BCUT2D eigenvalue weighted by Crippen LogP contribution is -2.26. The molecule has 1 N–H and O–H groups in total. The van der Waals surface area contributed by atoms with Crippen LogP contribution in [0.1, 0.15) is 67.2 Å². The fraction of sp³-hybridized carbons (Fsp3) is 0.385. The number of hydrogen-bond acceptors (Lipinski definition) is 1. The molecule has 1 fully saturated rings. The summed E-state index contributed by atoms with van der Waals surface area (Å²) in [5.74, 6) is 0.443. The van der Waals surface area contributed by atoms with E-state index in [9.17, 15) is 5.11 Å². The maximum atomic E-state index is 10.9. The first-order valence-corrected chi connectivity index (χ1v) is 10.5. The van der Waals surface area contributed by atoms with Crippen molar-refractivity contribution in [2.75, 3.05) is 0 Å². The van der Waals surface area contributed by atoms with Crippen LogP contribution in [-0.2, 0) is 5.41 Å². The van der Waals surface area contributed by atoms with Gasteiger partial charge >= 0.3 is 0 Å². The van der Waals surface area contributed by atoms with Gasteiger partial charge < -0.3 is 5.11 Å². The SMILES string of the molecule is Cc1ccc2c(c1)C1(CCCCCCC1)c1cc(O)c3cc(C)ccc3c1-2. The number of benzene rings is 3. The van der Waals surface area contributed by atoms with E-state index in [4.69, 9.17) is 0 Å². The van der Waals surface area contributed by atoms with Gasteiger partial charge in [0.1, 0.15) is 5.75 Å². The van der Waals surface area contributed by atoms with Crippen LogP contribution in [0.2, 0.25) is 0 Å². The molecule has 2 aliphatic rings. The smallest absolute Gasteiger partial charge is 0.123 e. The number of aromatic hydroxyl groups is 1. The highest BCUT2D eigenvalue weighted by Gasteiger charge is 2.43. The number of phenols is 1. The Morgan fingerprint density at radius 1 is 0.704 bits per heavy atom. The zero-order chi connectivity index (χ0) is 18.6. The van der Waals surface area contributed by atoms with Crippen molar-refractivity contribution in [3.05, 3.63) is 64.7 Å². The summed E-state index contributed by atoms with van der Waals surface area (Å²) in [4.78, 5) is 0. The number of phenolic OH excluding ortho intramolecular Hbond substituents is 1. The predicted octanol–water partition coefficient (Wildman–Crippen LogP) is 7.17. The van der Waals surface area contributed by atoms with Gasteiger partial charge in [-0.3, -0.25) is 0 Å². The first kappa shape index (κ1) is 16.9. The maximum Gasteiger partial charge on any atom is 0.123 e. The molecule has 0 amide bonds. The lowest BCUT2D eigenvalue weighted by Gasteiger charge is -2.34. The molecule has 0 atom stereocenters. The van der Waals surface area contributed by atoms with E-state index in [1.807, 2.05) is 0 Å². The van der Waals surface area contributed by atoms with Crippen LogP contribution in [0.25, 0.3) is 21.9 Å². The molecule has 3 aromatic rings. The van der Waals surface area contributed by atoms with Gasteiger partial charge in [-0.2, -0.15) is 0 Å². The Bertz CT molecular complexity index is 1040. The Hall–Kier alpha value is -2.28. The molecule has 0 aliphatic heterocycles. The minimum Gasteiger partial charge on any atom is -0.507 e. The number of hydrogen-bond donors (Lipinski definition) is 1. The molecule has 1 spiro atoms. The molecule has 27 heavy (non-hydrogen) atoms. The fourth-order valence-electron chi connectivity index (χ4n) is 5.65. The van der Waals surface area contributed by atoms with Crippen LogP contribution in [0, 0.1) is 13.8 Å². The third-order valence-electron chi connectivity index (χ3n) is 6.95. The van der Waals surface area contributed by atoms with Gasteiger partial charge in [-0.25, -0.2) is 0 Å². The van der Waals surface area contributed by atoms with Gasteiger partial charge in [0.2, 0.25) is 0 Å². The van der Waals surface area contributed by atoms with Crippen molar-refractivity contribution in [1.29, 1.82) is 0 Å². The van der Waals surface area contributed by atoms with Crippen molar-refractivity contribution in [1.82, 2.24) is 0 Å². The zero-order valence-corrected chi connectivity index (χ0v) is 16.4. The van der Waals surface area contributed by atoms with E-state index in [0.29, 0.717) is 5.75 Å². The summed E-state index contributed by atoms with van der Waals surface area (Å²) in [6.07, 6.45) is 8.99. The predicted molar refractivity (Wildman–Crippen MR) is 114 cm³/mol. The van der Waals surface area contributed by atoms with E-state index in [0.717, 1.165) is 5.39 Å². The van der Waals surface area contributed by atoms with Crippen molar-refractivity contribution in [3.8, 4) is 16.9 Å². The third kappa shape index (κ3) is 2.44. The molecule has 5 rings (SSSR count). The lowest BCUT2D eigenvalue weighted by molar-refractivity contribution is 0.372. The zero-order valence-electron chi connectivity index (χ0n) is 16.4. The highest BCUT2D eigenvalue weighted by molar-refractivity contribution is 6.05. The van der Waals surface area contributed by atoms with Crippen molar-refractivity contribution in [2.24, 2.45) is 0 Å². The average Bonchev–Trinajstić information content (AvgIpc) is 2.88. The highest BCUT2D eigenvalue weighted by Crippen LogP contribution is 2.57. The van der Waals surface area contributed by atoms with Crippen LogP contribution < -0.4 is 0 Å². The van der Waals surface area contributed by atoms with E-state index >= 15 is 0 Å². The van der Waals surface area contributed by atoms with E-state index in [1.54, 1.807) is 0 Å². The molecule has 0 heterocycles. The molecule has 1 saturated carbocycles. The molecular formula is C26H28O. The first-order chi connectivity index (χ1) is 13.1. The first-order valence-electron chi connectivity index (χ1n) is 10.5. The summed E-state index contributed by atoms with van der Waals surface area (Å²) < 4.78 is 0. The quantitative estimate of drug-likeness (QED) is 0.452. The Labute approximate surface area is 162 Å². The van der Waals surface area contributed by atoms with Crippen LogP contribution in [0.5, 0.6) is 5.75 Å². The normalized spacial score (nSPS) is 18.1. The molecule has 3 aromatic carbocycles. The van der Waals surface area contributed by atoms with Crippen LogP contribution in [0.4, 0.5) is 0 Å². The summed E-state index contributed by atoms with van der Waals surface area (Å²) in [5, 5.41) is 13.1. The molecule has 0 unspecified atom stereocenters. The monoisotopic (exact) mass is 356 g/mol. The molecular weight excluding hydrogens is 328 g/mol. The molecule has 2 aliphatic carbocycles. The molecule has 0 bridgehead atoms. The van der Waals surface area contributed by atoms with Crippen molar-refractivity contribution in [2.45, 2.75) is 64.2 Å². The maximum absolute atomic E-state index is 10.9. The van der Waals surface area contributed by atoms with Crippen molar-refractivity contribution in [3.63, 3.8) is 0 Å². The van der Waals surface area contributed by atoms with Gasteiger partial charge in [0.15, 0.2) is 0 Å². The number of aryl methyl sites for hydroxylation is 2. The molecule has 0 saturated heterocycles. The minimum absolute atomic E-state index is 0.0770. The van der Waals surface area contributed by atoms with E-state index in [-0.39, 0.29) is 5.41 Å². The molecule has 1 heteroatoms. The van der Waals surface area contributed by atoms with E-state index < -0.39 is 0 Å². The molecule has 138 valence electrons. The summed E-state index contributed by atoms with van der Waals surface area (Å²) in [5.41, 5.74) is 8.26. The second kappa shape index (κ2) is 6.12. The van der Waals surface area contributed by atoms with Crippen LogP contribution in [-0.4, -0.2) is 5.11 Å².